The monoisotopic (exact) mass is 638 g/mol. The van der Waals surface area contributed by atoms with E-state index in [1.54, 1.807) is 0 Å². The van der Waals surface area contributed by atoms with Crippen molar-refractivity contribution in [2.75, 3.05) is 32.2 Å². The third-order valence-corrected chi connectivity index (χ3v) is 3.80. The maximum Gasteiger partial charge on any atom is 1.00 e. The Balaban J connectivity index is -0.000000468. The van der Waals surface area contributed by atoms with Crippen LogP contribution in [0.5, 0.6) is 0 Å². The molecule has 2 radical (unpaired) electrons. The van der Waals surface area contributed by atoms with Gasteiger partial charge in [-0.05, 0) is 6.92 Å². The molecule has 0 aliphatic rings. The molecule has 0 aromatic carbocycles. The van der Waals surface area contributed by atoms with Crippen LogP contribution in [0, 0.1) is 6.92 Å². The molecule has 0 saturated carbocycles. The van der Waals surface area contributed by atoms with E-state index in [-0.39, 0.29) is 40.0 Å². The summed E-state index contributed by atoms with van der Waals surface area (Å²) in [6.45, 7) is 0.850. The van der Waals surface area contributed by atoms with Gasteiger partial charge in [-0.3, -0.25) is 0 Å². The fraction of sp³-hybridized carbons (Fsp3) is 0.933. The van der Waals surface area contributed by atoms with Gasteiger partial charge in [-0.2, -0.15) is 0 Å². The minimum Gasteiger partial charge on any atom is -0.790 e. The maximum absolute atomic E-state index is 9.48. The van der Waals surface area contributed by atoms with Crippen LogP contribution in [0.25, 0.3) is 0 Å². The SMILES string of the molecule is OC[C@@H](O)[C@@H](O)[C@H](O)[C@H](O)C[S-].[CH2]C(O)CO[C@@H]([C@H](O)[C@H](O)CO)[C@H](O)CO.[Hg+]. The molecule has 1 unspecified atom stereocenters. The van der Waals surface area contributed by atoms with Crippen molar-refractivity contribution in [3.8, 4) is 0 Å². The molecule has 14 heteroatoms. The van der Waals surface area contributed by atoms with Crippen LogP contribution in [0.1, 0.15) is 0 Å². The van der Waals surface area contributed by atoms with E-state index in [0.717, 1.165) is 0 Å². The number of ether oxygens (including phenoxy) is 1. The maximum atomic E-state index is 9.48. The van der Waals surface area contributed by atoms with Gasteiger partial charge in [0.1, 0.15) is 42.7 Å². The average Bonchev–Trinajstić information content (AvgIpc) is 2.70. The molecule has 9 atom stereocenters. The molecular formula is C15H32HgO12S. The molecular weight excluding hydrogens is 605 g/mol. The van der Waals surface area contributed by atoms with Crippen molar-refractivity contribution in [3.63, 3.8) is 0 Å². The van der Waals surface area contributed by atoms with Crippen LogP contribution < -0.4 is 0 Å². The van der Waals surface area contributed by atoms with E-state index in [9.17, 15) is 10.2 Å². The van der Waals surface area contributed by atoms with Crippen molar-refractivity contribution in [3.05, 3.63) is 6.92 Å². The molecule has 0 aromatic heterocycles. The second kappa shape index (κ2) is 19.5. The van der Waals surface area contributed by atoms with E-state index in [2.05, 4.69) is 19.6 Å². The Morgan fingerprint density at radius 2 is 1.03 bits per heavy atom. The molecule has 0 amide bonds. The number of hydrogen-bond donors (Lipinski definition) is 11. The van der Waals surface area contributed by atoms with Crippen LogP contribution in [0.2, 0.25) is 0 Å². The first-order chi connectivity index (χ1) is 13.0. The topological polar surface area (TPSA) is 232 Å². The van der Waals surface area contributed by atoms with E-state index in [1.807, 2.05) is 0 Å². The zero-order chi connectivity index (χ0) is 22.4. The largest absolute Gasteiger partial charge is 1.00 e. The molecule has 0 bridgehead atoms. The Labute approximate surface area is 194 Å². The summed E-state index contributed by atoms with van der Waals surface area (Å²) < 4.78 is 4.90. The van der Waals surface area contributed by atoms with Crippen LogP contribution in [0.3, 0.4) is 0 Å². The van der Waals surface area contributed by atoms with Crippen LogP contribution in [0.15, 0.2) is 0 Å². The number of aliphatic hydroxyl groups is 11. The van der Waals surface area contributed by atoms with Crippen molar-refractivity contribution < 1.29 is 88.6 Å². The number of rotatable bonds is 13. The standard InChI is InChI=1S/C9H19O7.C6H14O5S.Hg/c1-5(12)4-16-9(7(14)3-11)8(15)6(13)2-10;7-1-3(8)5(10)6(11)4(9)2-12;/h5-15H,1-4H2;3-12H,1-2H2;/q;;+1/p-1/t5?,6-,7-,8-,9-;3-,4-,5-,6-;/m11./s1. The Morgan fingerprint density at radius 3 is 1.38 bits per heavy atom. The summed E-state index contributed by atoms with van der Waals surface area (Å²) in [6, 6.07) is 0. The fourth-order valence-electron chi connectivity index (χ4n) is 1.75. The van der Waals surface area contributed by atoms with Gasteiger partial charge in [-0.15, -0.1) is 5.75 Å². The number of aliphatic hydroxyl groups excluding tert-OH is 11. The van der Waals surface area contributed by atoms with E-state index in [4.69, 9.17) is 50.7 Å². The summed E-state index contributed by atoms with van der Waals surface area (Å²) in [6.07, 6.45) is -12.7. The summed E-state index contributed by atoms with van der Waals surface area (Å²) in [7, 11) is 0. The molecule has 0 saturated heterocycles. The van der Waals surface area contributed by atoms with Crippen molar-refractivity contribution in [1.29, 1.82) is 0 Å². The van der Waals surface area contributed by atoms with Crippen molar-refractivity contribution in [2.24, 2.45) is 0 Å². The molecule has 0 aliphatic heterocycles. The molecule has 29 heavy (non-hydrogen) atoms. The minimum absolute atomic E-state index is 0. The van der Waals surface area contributed by atoms with Gasteiger partial charge in [0.15, 0.2) is 0 Å². The normalized spacial score (nSPS) is 20.6. The smallest absolute Gasteiger partial charge is 0.790 e. The van der Waals surface area contributed by atoms with Gasteiger partial charge >= 0.3 is 27.7 Å². The first kappa shape index (κ1) is 34.4. The molecule has 0 aliphatic carbocycles. The van der Waals surface area contributed by atoms with Gasteiger partial charge < -0.3 is 73.5 Å². The van der Waals surface area contributed by atoms with Gasteiger partial charge in [-0.25, -0.2) is 0 Å². The fourth-order valence-corrected chi connectivity index (χ4v) is 1.95. The van der Waals surface area contributed by atoms with Gasteiger partial charge in [-0.1, -0.05) is 0 Å². The quantitative estimate of drug-likeness (QED) is 0.0668. The van der Waals surface area contributed by atoms with E-state index in [0.29, 0.717) is 0 Å². The van der Waals surface area contributed by atoms with Gasteiger partial charge in [0.2, 0.25) is 0 Å². The Morgan fingerprint density at radius 1 is 0.655 bits per heavy atom. The van der Waals surface area contributed by atoms with E-state index in [1.165, 1.54) is 0 Å². The predicted molar refractivity (Wildman–Crippen MR) is 96.6 cm³/mol. The molecule has 0 spiro atoms. The summed E-state index contributed by atoms with van der Waals surface area (Å²) in [5.74, 6) is -0.142. The minimum atomic E-state index is -1.58. The zero-order valence-electron chi connectivity index (χ0n) is 15.9. The van der Waals surface area contributed by atoms with Gasteiger partial charge in [0.05, 0.1) is 38.6 Å². The zero-order valence-corrected chi connectivity index (χ0v) is 22.2. The summed E-state index contributed by atoms with van der Waals surface area (Å²) >= 11 is 4.43. The molecule has 0 rings (SSSR count). The molecule has 11 N–H and O–H groups in total. The number of hydrogen-bond acceptors (Lipinski definition) is 13. The van der Waals surface area contributed by atoms with Gasteiger partial charge in [0, 0.05) is 0 Å². The van der Waals surface area contributed by atoms with Crippen molar-refractivity contribution >= 4 is 12.6 Å². The second-order valence-electron chi connectivity index (χ2n) is 5.91. The molecule has 0 fully saturated rings. The van der Waals surface area contributed by atoms with Crippen LogP contribution in [-0.4, -0.2) is 143 Å². The summed E-state index contributed by atoms with van der Waals surface area (Å²) in [5, 5.41) is 98.4. The molecule has 0 aromatic rings. The van der Waals surface area contributed by atoms with Crippen LogP contribution in [0.4, 0.5) is 0 Å². The molecule has 172 valence electrons. The third-order valence-electron chi connectivity index (χ3n) is 3.46. The first-order valence-corrected chi connectivity index (χ1v) is 8.85. The van der Waals surface area contributed by atoms with Gasteiger partial charge in [0.25, 0.3) is 0 Å². The molecule has 12 nitrogen and oxygen atoms in total. The van der Waals surface area contributed by atoms with Crippen molar-refractivity contribution in [1.82, 2.24) is 0 Å². The second-order valence-corrected chi connectivity index (χ2v) is 6.24. The summed E-state index contributed by atoms with van der Waals surface area (Å²) in [5.41, 5.74) is 0. The Kier molecular flexibility index (Phi) is 23.1. The summed E-state index contributed by atoms with van der Waals surface area (Å²) in [4.78, 5) is 0. The average molecular weight is 637 g/mol. The van der Waals surface area contributed by atoms with E-state index >= 15 is 0 Å². The first-order valence-electron chi connectivity index (χ1n) is 8.28. The van der Waals surface area contributed by atoms with Crippen molar-refractivity contribution in [2.45, 2.75) is 54.9 Å². The predicted octanol–water partition coefficient (Wildman–Crippen LogP) is -6.40. The van der Waals surface area contributed by atoms with E-state index < -0.39 is 74.8 Å². The van der Waals surface area contributed by atoms with Crippen LogP contribution >= 0.6 is 0 Å². The third kappa shape index (κ3) is 14.5. The van der Waals surface area contributed by atoms with Crippen LogP contribution in [-0.2, 0) is 45.0 Å². The molecule has 0 heterocycles. The Hall–Kier alpha value is 0.805. The Bertz CT molecular complexity index is 356.